The van der Waals surface area contributed by atoms with Gasteiger partial charge in [0.05, 0.1) is 12.1 Å². The Labute approximate surface area is 135 Å². The third-order valence-electron chi connectivity index (χ3n) is 3.29. The number of carbonyl (C=O) groups is 2. The first kappa shape index (κ1) is 15.5. The van der Waals surface area contributed by atoms with Crippen molar-refractivity contribution in [3.8, 4) is 5.75 Å². The highest BCUT2D eigenvalue weighted by molar-refractivity contribution is 6.12. The Hall–Kier alpha value is -3.43. The Bertz CT molecular complexity index is 827. The van der Waals surface area contributed by atoms with E-state index in [0.717, 1.165) is 5.71 Å². The first-order valence-corrected chi connectivity index (χ1v) is 6.94. The van der Waals surface area contributed by atoms with E-state index in [-0.39, 0.29) is 23.1 Å². The number of nitrogens with two attached hydrogens (primary N) is 1. The molecule has 0 fully saturated rings. The van der Waals surface area contributed by atoms with E-state index in [1.807, 2.05) is 0 Å². The first-order valence-electron chi connectivity index (χ1n) is 6.94. The number of ether oxygens (including phenoxy) is 1. The van der Waals surface area contributed by atoms with Gasteiger partial charge in [0.1, 0.15) is 5.75 Å². The molecular formula is C14H13N5O5. The Balaban J connectivity index is 1.69. The van der Waals surface area contributed by atoms with Crippen molar-refractivity contribution < 1.29 is 23.9 Å². The van der Waals surface area contributed by atoms with E-state index in [4.69, 9.17) is 10.5 Å². The predicted octanol–water partition coefficient (Wildman–Crippen LogP) is 0.0985. The van der Waals surface area contributed by atoms with E-state index < -0.39 is 11.6 Å². The van der Waals surface area contributed by atoms with E-state index in [0.29, 0.717) is 17.9 Å². The van der Waals surface area contributed by atoms with Crippen LogP contribution < -0.4 is 20.4 Å². The van der Waals surface area contributed by atoms with Gasteiger partial charge in [0.2, 0.25) is 0 Å². The molecule has 1 aliphatic rings. The lowest BCUT2D eigenvalue weighted by atomic mass is 10.2. The summed E-state index contributed by atoms with van der Waals surface area (Å²) in [7, 11) is 0. The lowest BCUT2D eigenvalue weighted by Gasteiger charge is -2.12. The smallest absolute Gasteiger partial charge is 0.297 e. The van der Waals surface area contributed by atoms with Crippen LogP contribution in [0.1, 0.15) is 29.5 Å². The van der Waals surface area contributed by atoms with Crippen LogP contribution in [0.15, 0.2) is 34.0 Å². The van der Waals surface area contributed by atoms with Gasteiger partial charge in [-0.1, -0.05) is 0 Å². The van der Waals surface area contributed by atoms with Crippen molar-refractivity contribution in [1.82, 2.24) is 5.16 Å². The normalized spacial score (nSPS) is 14.0. The van der Waals surface area contributed by atoms with Gasteiger partial charge in [0, 0.05) is 10.9 Å². The molecule has 1 aromatic carbocycles. The SMILES string of the molecule is CC1=NN(c2ccc(OCc3no[n+]([O-])c3C(N)=O)cc2)C(=O)C1. The second-order valence-corrected chi connectivity index (χ2v) is 5.09. The number of rotatable bonds is 5. The van der Waals surface area contributed by atoms with Gasteiger partial charge in [-0.2, -0.15) is 5.10 Å². The van der Waals surface area contributed by atoms with Gasteiger partial charge in [0.25, 0.3) is 23.2 Å². The van der Waals surface area contributed by atoms with E-state index in [1.165, 1.54) is 5.01 Å². The van der Waals surface area contributed by atoms with Gasteiger partial charge < -0.3 is 15.7 Å². The van der Waals surface area contributed by atoms with Crippen LogP contribution in [0.2, 0.25) is 0 Å². The molecule has 1 aliphatic heterocycles. The minimum Gasteiger partial charge on any atom is -0.485 e. The summed E-state index contributed by atoms with van der Waals surface area (Å²) in [5.74, 6) is -0.613. The summed E-state index contributed by atoms with van der Waals surface area (Å²) in [4.78, 5) is 22.9. The molecule has 0 saturated carbocycles. The molecule has 0 atom stereocenters. The molecule has 0 spiro atoms. The maximum Gasteiger partial charge on any atom is 0.297 e. The highest BCUT2D eigenvalue weighted by Gasteiger charge is 2.25. The molecule has 124 valence electrons. The molecule has 2 N–H and O–H groups in total. The van der Waals surface area contributed by atoms with Crippen LogP contribution >= 0.6 is 0 Å². The zero-order chi connectivity index (χ0) is 17.3. The topological polar surface area (TPSA) is 138 Å². The number of carbonyl (C=O) groups excluding carboxylic acids is 2. The van der Waals surface area contributed by atoms with Crippen LogP contribution in [-0.4, -0.2) is 22.7 Å². The van der Waals surface area contributed by atoms with Crippen molar-refractivity contribution >= 4 is 23.2 Å². The number of nitrogens with zero attached hydrogens (tertiary/aromatic N) is 4. The molecule has 3 rings (SSSR count). The molecule has 0 aliphatic carbocycles. The van der Waals surface area contributed by atoms with Gasteiger partial charge in [-0.3, -0.25) is 14.2 Å². The molecule has 0 bridgehead atoms. The van der Waals surface area contributed by atoms with E-state index in [9.17, 15) is 14.8 Å². The summed E-state index contributed by atoms with van der Waals surface area (Å²) in [6, 6.07) is 6.59. The van der Waals surface area contributed by atoms with E-state index in [1.54, 1.807) is 31.2 Å². The first-order chi connectivity index (χ1) is 11.5. The molecule has 1 aromatic heterocycles. The minimum absolute atomic E-state index is 0.00322. The van der Waals surface area contributed by atoms with Crippen LogP contribution in [0.4, 0.5) is 5.69 Å². The molecule has 0 unspecified atom stereocenters. The van der Waals surface area contributed by atoms with Crippen molar-refractivity contribution in [1.29, 1.82) is 0 Å². The summed E-state index contributed by atoms with van der Waals surface area (Å²) < 4.78 is 9.77. The molecule has 2 amide bonds. The summed E-state index contributed by atoms with van der Waals surface area (Å²) in [6.07, 6.45) is 0.301. The van der Waals surface area contributed by atoms with E-state index in [2.05, 4.69) is 14.9 Å². The van der Waals surface area contributed by atoms with Gasteiger partial charge in [0.15, 0.2) is 6.61 Å². The summed E-state index contributed by atoms with van der Waals surface area (Å²) in [5.41, 5.74) is 6.03. The van der Waals surface area contributed by atoms with Gasteiger partial charge in [-0.05, 0) is 36.1 Å². The molecule has 2 heterocycles. The van der Waals surface area contributed by atoms with Crippen molar-refractivity contribution in [2.24, 2.45) is 10.8 Å². The zero-order valence-electron chi connectivity index (χ0n) is 12.6. The van der Waals surface area contributed by atoms with Gasteiger partial charge >= 0.3 is 0 Å². The number of hydrogen-bond acceptors (Lipinski definition) is 7. The fourth-order valence-electron chi connectivity index (χ4n) is 2.20. The molecule has 2 aromatic rings. The largest absolute Gasteiger partial charge is 0.485 e. The lowest BCUT2D eigenvalue weighted by Crippen LogP contribution is -2.35. The predicted molar refractivity (Wildman–Crippen MR) is 80.0 cm³/mol. The number of primary amides is 1. The number of amides is 2. The number of hydrogen-bond donors (Lipinski definition) is 1. The van der Waals surface area contributed by atoms with Gasteiger partial charge in [-0.25, -0.2) is 5.01 Å². The average molecular weight is 331 g/mol. The third kappa shape index (κ3) is 2.89. The minimum atomic E-state index is -0.957. The Morgan fingerprint density at radius 2 is 2.17 bits per heavy atom. The maximum atomic E-state index is 11.8. The quantitative estimate of drug-likeness (QED) is 0.771. The number of anilines is 1. The lowest BCUT2D eigenvalue weighted by molar-refractivity contribution is -0.803. The van der Waals surface area contributed by atoms with Crippen LogP contribution in [-0.2, 0) is 11.4 Å². The number of benzene rings is 1. The highest BCUT2D eigenvalue weighted by atomic mass is 16.8. The van der Waals surface area contributed by atoms with Gasteiger partial charge in [-0.15, -0.1) is 0 Å². The summed E-state index contributed by atoms with van der Waals surface area (Å²) in [5, 5.41) is 20.1. The van der Waals surface area contributed by atoms with Crippen molar-refractivity contribution in [2.75, 3.05) is 5.01 Å². The molecule has 10 heteroatoms. The fraction of sp³-hybridized carbons (Fsp3) is 0.214. The van der Waals surface area contributed by atoms with Crippen LogP contribution in [0.25, 0.3) is 0 Å². The van der Waals surface area contributed by atoms with Crippen LogP contribution in [0, 0.1) is 5.21 Å². The molecular weight excluding hydrogens is 318 g/mol. The van der Waals surface area contributed by atoms with Crippen LogP contribution in [0.5, 0.6) is 5.75 Å². The van der Waals surface area contributed by atoms with E-state index >= 15 is 0 Å². The molecule has 0 radical (unpaired) electrons. The second-order valence-electron chi connectivity index (χ2n) is 5.09. The Kier molecular flexibility index (Phi) is 3.86. The second kappa shape index (κ2) is 5.99. The number of aromatic nitrogens is 2. The number of hydrazone groups is 1. The Morgan fingerprint density at radius 1 is 1.46 bits per heavy atom. The molecule has 24 heavy (non-hydrogen) atoms. The average Bonchev–Trinajstić information content (AvgIpc) is 3.07. The standard InChI is InChI=1S/C14H13N5O5/c1-8-6-12(20)18(16-8)9-2-4-10(5-3-9)23-7-11-13(14(15)21)19(22)24-17-11/h2-5H,6-7H2,1H3,(H2,15,21). The monoisotopic (exact) mass is 331 g/mol. The molecule has 10 nitrogen and oxygen atoms in total. The van der Waals surface area contributed by atoms with Crippen molar-refractivity contribution in [3.63, 3.8) is 0 Å². The van der Waals surface area contributed by atoms with Crippen molar-refractivity contribution in [2.45, 2.75) is 20.0 Å². The Morgan fingerprint density at radius 3 is 2.75 bits per heavy atom. The zero-order valence-corrected chi connectivity index (χ0v) is 12.6. The summed E-state index contributed by atoms with van der Waals surface area (Å²) in [6.45, 7) is 1.61. The summed E-state index contributed by atoms with van der Waals surface area (Å²) >= 11 is 0. The van der Waals surface area contributed by atoms with Crippen molar-refractivity contribution in [3.05, 3.63) is 40.9 Å². The third-order valence-corrected chi connectivity index (χ3v) is 3.29. The molecule has 0 saturated heterocycles. The van der Waals surface area contributed by atoms with Crippen LogP contribution in [0.3, 0.4) is 0 Å². The maximum absolute atomic E-state index is 11.8. The highest BCUT2D eigenvalue weighted by Crippen LogP contribution is 2.23. The fourth-order valence-corrected chi connectivity index (χ4v) is 2.20.